The first-order valence-electron chi connectivity index (χ1n) is 14.0. The van der Waals surface area contributed by atoms with Gasteiger partial charge < -0.3 is 24.7 Å². The van der Waals surface area contributed by atoms with Crippen LogP contribution >= 0.6 is 0 Å². The van der Waals surface area contributed by atoms with Gasteiger partial charge in [-0.15, -0.1) is 6.58 Å². The van der Waals surface area contributed by atoms with Crippen LogP contribution in [0.1, 0.15) is 46.5 Å². The Balaban J connectivity index is 1.66. The van der Waals surface area contributed by atoms with Crippen LogP contribution in [0, 0.1) is 17.8 Å². The van der Waals surface area contributed by atoms with Crippen molar-refractivity contribution in [3.63, 3.8) is 0 Å². The quantitative estimate of drug-likeness (QED) is 0.446. The third kappa shape index (κ3) is 3.91. The Morgan fingerprint density at radius 1 is 1.21 bits per heavy atom. The number of aliphatic hydroxyl groups is 1. The second-order valence-electron chi connectivity index (χ2n) is 11.3. The number of aliphatic carboxylic acids is 1. The van der Waals surface area contributed by atoms with E-state index in [1.807, 2.05) is 63.2 Å². The highest BCUT2D eigenvalue weighted by Gasteiger charge is 2.79. The number of anilines is 1. The van der Waals surface area contributed by atoms with Crippen molar-refractivity contribution in [3.05, 3.63) is 55.1 Å². The molecule has 0 aromatic heterocycles. The highest BCUT2D eigenvalue weighted by molar-refractivity contribution is 6.05. The van der Waals surface area contributed by atoms with Crippen LogP contribution in [0.3, 0.4) is 0 Å². The van der Waals surface area contributed by atoms with E-state index >= 15 is 0 Å². The van der Waals surface area contributed by atoms with Crippen molar-refractivity contribution in [1.82, 2.24) is 4.90 Å². The van der Waals surface area contributed by atoms with Crippen LogP contribution in [0.4, 0.5) is 5.69 Å². The van der Waals surface area contributed by atoms with E-state index in [2.05, 4.69) is 6.58 Å². The van der Waals surface area contributed by atoms with Gasteiger partial charge in [-0.2, -0.15) is 0 Å². The van der Waals surface area contributed by atoms with Crippen LogP contribution in [-0.2, 0) is 19.1 Å². The SMILES string of the molecule is C=CCN(C(=O)C1N([C@@H](CO)[C@@H](C)CC)C(=O)[C@@H]2[C@@H](C(=O)O)[C@@]3(CC)CCC12O3)c1ccc2ccccc2c1. The van der Waals surface area contributed by atoms with Gasteiger partial charge in [0, 0.05) is 12.2 Å². The summed E-state index contributed by atoms with van der Waals surface area (Å²) in [5.41, 5.74) is -1.61. The largest absolute Gasteiger partial charge is 0.481 e. The molecule has 3 aliphatic rings. The lowest BCUT2D eigenvalue weighted by molar-refractivity contribution is -0.158. The molecule has 3 saturated heterocycles. The number of rotatable bonds is 10. The molecule has 0 radical (unpaired) electrons. The summed E-state index contributed by atoms with van der Waals surface area (Å²) in [7, 11) is 0. The number of benzene rings is 2. The fourth-order valence-electron chi connectivity index (χ4n) is 7.43. The maximum atomic E-state index is 14.7. The van der Waals surface area contributed by atoms with Crippen molar-refractivity contribution in [2.75, 3.05) is 18.1 Å². The highest BCUT2D eigenvalue weighted by atomic mass is 16.5. The predicted molar refractivity (Wildman–Crippen MR) is 148 cm³/mol. The molecule has 2 unspecified atom stereocenters. The fourth-order valence-corrected chi connectivity index (χ4v) is 7.43. The van der Waals surface area contributed by atoms with Crippen LogP contribution < -0.4 is 4.90 Å². The second-order valence-corrected chi connectivity index (χ2v) is 11.3. The number of carbonyl (C=O) groups is 3. The molecule has 2 amide bonds. The van der Waals surface area contributed by atoms with Gasteiger partial charge in [0.15, 0.2) is 0 Å². The van der Waals surface area contributed by atoms with Gasteiger partial charge in [-0.3, -0.25) is 14.4 Å². The molecule has 3 fully saturated rings. The zero-order valence-corrected chi connectivity index (χ0v) is 22.9. The second kappa shape index (κ2) is 10.1. The maximum absolute atomic E-state index is 14.7. The van der Waals surface area contributed by atoms with E-state index in [0.29, 0.717) is 31.4 Å². The molecule has 3 heterocycles. The van der Waals surface area contributed by atoms with E-state index in [1.165, 1.54) is 4.90 Å². The van der Waals surface area contributed by atoms with E-state index in [9.17, 15) is 24.6 Å². The number of nitrogens with zero attached hydrogens (tertiary/aromatic N) is 2. The first-order chi connectivity index (χ1) is 18.7. The lowest BCUT2D eigenvalue weighted by Crippen LogP contribution is -2.60. The summed E-state index contributed by atoms with van der Waals surface area (Å²) in [6, 6.07) is 11.9. The van der Waals surface area contributed by atoms with Crippen molar-refractivity contribution < 1.29 is 29.3 Å². The van der Waals surface area contributed by atoms with Gasteiger partial charge in [0.1, 0.15) is 17.6 Å². The van der Waals surface area contributed by atoms with Crippen LogP contribution in [0.2, 0.25) is 0 Å². The molecule has 1 spiro atoms. The molecule has 5 rings (SSSR count). The van der Waals surface area contributed by atoms with E-state index in [-0.39, 0.29) is 25.0 Å². The molecule has 2 bridgehead atoms. The van der Waals surface area contributed by atoms with Crippen molar-refractivity contribution in [3.8, 4) is 0 Å². The summed E-state index contributed by atoms with van der Waals surface area (Å²) in [4.78, 5) is 44.7. The standard InChI is InChI=1S/C31H38N2O6/c1-5-16-32(22-13-12-20-10-8-9-11-21(20)17-22)28(36)26-31-15-14-30(7-3,39-31)25(29(37)38)24(31)27(35)33(26)23(18-34)19(4)6-2/h5,8-13,17,19,23-26,34H,1,6-7,14-16,18H2,2-4H3,(H,37,38)/t19-,23-,24-,25-,26?,30+,31?/m0/s1. The topological polar surface area (TPSA) is 107 Å². The van der Waals surface area contributed by atoms with Gasteiger partial charge in [0.05, 0.1) is 24.2 Å². The molecule has 2 aromatic rings. The molecule has 8 nitrogen and oxygen atoms in total. The van der Waals surface area contributed by atoms with Crippen molar-refractivity contribution in [2.24, 2.45) is 17.8 Å². The average Bonchev–Trinajstić information content (AvgIpc) is 3.55. The Morgan fingerprint density at radius 3 is 2.54 bits per heavy atom. The zero-order valence-electron chi connectivity index (χ0n) is 22.9. The summed E-state index contributed by atoms with van der Waals surface area (Å²) in [6.07, 6.45) is 3.63. The van der Waals surface area contributed by atoms with Crippen LogP contribution in [0.5, 0.6) is 0 Å². The Hall–Kier alpha value is -3.23. The van der Waals surface area contributed by atoms with Crippen molar-refractivity contribution in [2.45, 2.75) is 69.7 Å². The minimum atomic E-state index is -1.27. The van der Waals surface area contributed by atoms with Gasteiger partial charge in [-0.25, -0.2) is 0 Å². The first kappa shape index (κ1) is 27.3. The smallest absolute Gasteiger partial charge is 0.310 e. The lowest BCUT2D eigenvalue weighted by Gasteiger charge is -2.41. The van der Waals surface area contributed by atoms with Crippen molar-refractivity contribution in [1.29, 1.82) is 0 Å². The zero-order chi connectivity index (χ0) is 28.1. The molecular formula is C31H38N2O6. The molecule has 208 valence electrons. The van der Waals surface area contributed by atoms with E-state index < -0.39 is 47.0 Å². The lowest BCUT2D eigenvalue weighted by atomic mass is 9.65. The number of carboxylic acid groups (broad SMARTS) is 1. The Bertz CT molecular complexity index is 1310. The average molecular weight is 535 g/mol. The van der Waals surface area contributed by atoms with Gasteiger partial charge in [-0.05, 0) is 48.1 Å². The number of hydrogen-bond acceptors (Lipinski definition) is 5. The molecule has 3 aliphatic heterocycles. The molecule has 0 saturated carbocycles. The fraction of sp³-hybridized carbons (Fsp3) is 0.516. The van der Waals surface area contributed by atoms with E-state index in [0.717, 1.165) is 10.8 Å². The van der Waals surface area contributed by atoms with Gasteiger partial charge in [0.25, 0.3) is 5.91 Å². The highest BCUT2D eigenvalue weighted by Crippen LogP contribution is 2.64. The number of carbonyl (C=O) groups excluding carboxylic acids is 2. The molecule has 0 aliphatic carbocycles. The number of aliphatic hydroxyl groups excluding tert-OH is 1. The molecule has 8 heteroatoms. The van der Waals surface area contributed by atoms with Gasteiger partial charge >= 0.3 is 5.97 Å². The number of likely N-dealkylation sites (tertiary alicyclic amines) is 1. The van der Waals surface area contributed by atoms with E-state index in [4.69, 9.17) is 4.74 Å². The predicted octanol–water partition coefficient (Wildman–Crippen LogP) is 4.01. The molecule has 2 aromatic carbocycles. The minimum Gasteiger partial charge on any atom is -0.481 e. The number of fused-ring (bicyclic) bond motifs is 2. The third-order valence-corrected chi connectivity index (χ3v) is 9.59. The summed E-state index contributed by atoms with van der Waals surface area (Å²) in [5, 5.41) is 22.8. The Morgan fingerprint density at radius 2 is 1.92 bits per heavy atom. The van der Waals surface area contributed by atoms with Crippen LogP contribution in [-0.4, -0.2) is 69.3 Å². The first-order valence-corrected chi connectivity index (χ1v) is 14.0. The Labute approximate surface area is 229 Å². The number of ether oxygens (including phenoxy) is 1. The summed E-state index contributed by atoms with van der Waals surface area (Å²) < 4.78 is 6.67. The molecular weight excluding hydrogens is 496 g/mol. The third-order valence-electron chi connectivity index (χ3n) is 9.59. The number of carboxylic acids is 1. The van der Waals surface area contributed by atoms with E-state index in [1.54, 1.807) is 11.0 Å². The van der Waals surface area contributed by atoms with Crippen LogP contribution in [0.15, 0.2) is 55.1 Å². The van der Waals surface area contributed by atoms with Gasteiger partial charge in [0.2, 0.25) is 5.91 Å². The maximum Gasteiger partial charge on any atom is 0.310 e. The summed E-state index contributed by atoms with van der Waals surface area (Å²) >= 11 is 0. The number of hydrogen-bond donors (Lipinski definition) is 2. The molecule has 2 N–H and O–H groups in total. The summed E-state index contributed by atoms with van der Waals surface area (Å²) in [5.74, 6) is -3.98. The molecule has 7 atom stereocenters. The minimum absolute atomic E-state index is 0.112. The van der Waals surface area contributed by atoms with Crippen molar-refractivity contribution >= 4 is 34.2 Å². The normalized spacial score (nSPS) is 30.8. The van der Waals surface area contributed by atoms with Crippen LogP contribution in [0.25, 0.3) is 10.8 Å². The Kier molecular flexibility index (Phi) is 7.06. The summed E-state index contributed by atoms with van der Waals surface area (Å²) in [6.45, 7) is 9.53. The monoisotopic (exact) mass is 534 g/mol. The number of amides is 2. The van der Waals surface area contributed by atoms with Gasteiger partial charge in [-0.1, -0.05) is 63.6 Å². The molecule has 39 heavy (non-hydrogen) atoms.